The van der Waals surface area contributed by atoms with Gasteiger partial charge < -0.3 is 5.32 Å². The third-order valence-electron chi connectivity index (χ3n) is 4.17. The molecule has 0 spiro atoms. The first-order chi connectivity index (χ1) is 13.7. The molecule has 1 amide bonds. The summed E-state index contributed by atoms with van der Waals surface area (Å²) in [5.41, 5.74) is 2.57. The van der Waals surface area contributed by atoms with Crippen LogP contribution in [0, 0.1) is 0 Å². The number of carbonyl (C=O) groups is 1. The second-order valence-corrected chi connectivity index (χ2v) is 7.51. The summed E-state index contributed by atoms with van der Waals surface area (Å²) in [6.07, 6.45) is 0. The van der Waals surface area contributed by atoms with Gasteiger partial charge in [0.25, 0.3) is 0 Å². The van der Waals surface area contributed by atoms with E-state index in [9.17, 15) is 4.79 Å². The molecule has 28 heavy (non-hydrogen) atoms. The Labute approximate surface area is 172 Å². The van der Waals surface area contributed by atoms with Gasteiger partial charge in [-0.1, -0.05) is 78.0 Å². The van der Waals surface area contributed by atoms with Crippen molar-refractivity contribution in [3.8, 4) is 11.3 Å². The van der Waals surface area contributed by atoms with E-state index < -0.39 is 0 Å². The van der Waals surface area contributed by atoms with Crippen molar-refractivity contribution in [2.75, 3.05) is 11.1 Å². The maximum atomic E-state index is 12.3. The molecule has 1 heterocycles. The highest BCUT2D eigenvalue weighted by molar-refractivity contribution is 8.00. The smallest absolute Gasteiger partial charge is 0.234 e. The number of nitrogens with one attached hydrogen (secondary N) is 1. The van der Waals surface area contributed by atoms with Crippen molar-refractivity contribution in [3.05, 3.63) is 83.9 Å². The quantitative estimate of drug-likeness (QED) is 0.434. The van der Waals surface area contributed by atoms with E-state index in [4.69, 9.17) is 11.6 Å². The van der Waals surface area contributed by atoms with Crippen LogP contribution in [0.25, 0.3) is 22.0 Å². The van der Waals surface area contributed by atoms with Gasteiger partial charge in [0.05, 0.1) is 5.75 Å². The van der Waals surface area contributed by atoms with E-state index in [1.165, 1.54) is 11.8 Å². The lowest BCUT2D eigenvalue weighted by Gasteiger charge is -2.09. The Kier molecular flexibility index (Phi) is 5.55. The number of anilines is 1. The van der Waals surface area contributed by atoms with Crippen LogP contribution < -0.4 is 5.32 Å². The molecule has 0 saturated carbocycles. The summed E-state index contributed by atoms with van der Waals surface area (Å²) in [6, 6.07) is 25.0. The maximum absolute atomic E-state index is 12.3. The van der Waals surface area contributed by atoms with Crippen molar-refractivity contribution in [3.63, 3.8) is 0 Å². The zero-order valence-electron chi connectivity index (χ0n) is 14.8. The Morgan fingerprint density at radius 1 is 0.857 bits per heavy atom. The minimum absolute atomic E-state index is 0.106. The average molecular weight is 406 g/mol. The number of fused-ring (bicyclic) bond motifs is 1. The van der Waals surface area contributed by atoms with Gasteiger partial charge in [-0.05, 0) is 24.3 Å². The molecular weight excluding hydrogens is 390 g/mol. The van der Waals surface area contributed by atoms with Crippen molar-refractivity contribution in [1.82, 2.24) is 10.2 Å². The van der Waals surface area contributed by atoms with E-state index in [1.807, 2.05) is 54.6 Å². The second-order valence-electron chi connectivity index (χ2n) is 6.11. The predicted molar refractivity (Wildman–Crippen MR) is 116 cm³/mol. The van der Waals surface area contributed by atoms with Gasteiger partial charge in [-0.25, -0.2) is 0 Å². The minimum atomic E-state index is -0.106. The number of carbonyl (C=O) groups excluding carboxylic acids is 1. The molecule has 0 aliphatic carbocycles. The number of hydrogen-bond acceptors (Lipinski definition) is 4. The lowest BCUT2D eigenvalue weighted by molar-refractivity contribution is -0.113. The van der Waals surface area contributed by atoms with Crippen molar-refractivity contribution in [2.45, 2.75) is 5.03 Å². The monoisotopic (exact) mass is 405 g/mol. The highest BCUT2D eigenvalue weighted by Crippen LogP contribution is 2.31. The molecule has 0 bridgehead atoms. The Balaban J connectivity index is 1.55. The van der Waals surface area contributed by atoms with Gasteiger partial charge in [-0.15, -0.1) is 10.2 Å². The van der Waals surface area contributed by atoms with Gasteiger partial charge >= 0.3 is 0 Å². The van der Waals surface area contributed by atoms with Crippen LogP contribution in [0.5, 0.6) is 0 Å². The Bertz CT molecular complexity index is 1120. The average Bonchev–Trinajstić information content (AvgIpc) is 2.74. The number of nitrogens with zero attached hydrogens (tertiary/aromatic N) is 2. The number of amides is 1. The van der Waals surface area contributed by atoms with Crippen LogP contribution in [0.15, 0.2) is 83.9 Å². The van der Waals surface area contributed by atoms with Crippen LogP contribution in [0.4, 0.5) is 5.69 Å². The number of benzene rings is 3. The number of aromatic nitrogens is 2. The normalized spacial score (nSPS) is 10.8. The fourth-order valence-corrected chi connectivity index (χ4v) is 3.76. The molecule has 0 aliphatic rings. The fourth-order valence-electron chi connectivity index (χ4n) is 2.86. The van der Waals surface area contributed by atoms with E-state index >= 15 is 0 Å². The largest absolute Gasteiger partial charge is 0.325 e. The maximum Gasteiger partial charge on any atom is 0.234 e. The fraction of sp³-hybridized carbons (Fsp3) is 0.0455. The summed E-state index contributed by atoms with van der Waals surface area (Å²) in [7, 11) is 0. The topological polar surface area (TPSA) is 54.9 Å². The van der Waals surface area contributed by atoms with E-state index in [-0.39, 0.29) is 11.7 Å². The highest BCUT2D eigenvalue weighted by atomic mass is 35.5. The van der Waals surface area contributed by atoms with Crippen LogP contribution in [0.2, 0.25) is 5.02 Å². The molecule has 0 saturated heterocycles. The molecule has 4 rings (SSSR count). The number of rotatable bonds is 5. The third kappa shape index (κ3) is 4.16. The standard InChI is InChI=1S/C22H16ClN3OS/c23-16-10-12-17(13-11-16)24-20(27)14-28-22-19-9-5-4-8-18(19)21(25-26-22)15-6-2-1-3-7-15/h1-13H,14H2,(H,24,27). The SMILES string of the molecule is O=C(CSc1nnc(-c2ccccc2)c2ccccc12)Nc1ccc(Cl)cc1. The molecule has 138 valence electrons. The molecule has 0 fully saturated rings. The summed E-state index contributed by atoms with van der Waals surface area (Å²) >= 11 is 7.24. The summed E-state index contributed by atoms with van der Waals surface area (Å²) in [5.74, 6) is 0.136. The van der Waals surface area contributed by atoms with Crippen LogP contribution in [0.3, 0.4) is 0 Å². The lowest BCUT2D eigenvalue weighted by Crippen LogP contribution is -2.14. The summed E-state index contributed by atoms with van der Waals surface area (Å²) in [4.78, 5) is 12.3. The zero-order chi connectivity index (χ0) is 19.3. The van der Waals surface area contributed by atoms with Crippen molar-refractivity contribution in [1.29, 1.82) is 0 Å². The lowest BCUT2D eigenvalue weighted by atomic mass is 10.1. The van der Waals surface area contributed by atoms with Crippen molar-refractivity contribution in [2.24, 2.45) is 0 Å². The van der Waals surface area contributed by atoms with Crippen molar-refractivity contribution >= 4 is 45.7 Å². The Morgan fingerprint density at radius 2 is 1.54 bits per heavy atom. The molecule has 0 unspecified atom stereocenters. The molecule has 4 aromatic rings. The molecule has 1 aromatic heterocycles. The van der Waals surface area contributed by atoms with Gasteiger partial charge in [-0.3, -0.25) is 4.79 Å². The zero-order valence-corrected chi connectivity index (χ0v) is 16.4. The van der Waals surface area contributed by atoms with E-state index in [1.54, 1.807) is 24.3 Å². The van der Waals surface area contributed by atoms with Gasteiger partial charge in [-0.2, -0.15) is 0 Å². The van der Waals surface area contributed by atoms with Crippen LogP contribution in [0.1, 0.15) is 0 Å². The molecular formula is C22H16ClN3OS. The van der Waals surface area contributed by atoms with Crippen LogP contribution in [-0.4, -0.2) is 21.9 Å². The molecule has 0 aliphatic heterocycles. The summed E-state index contributed by atoms with van der Waals surface area (Å²) in [6.45, 7) is 0. The van der Waals surface area contributed by atoms with Gasteiger partial charge in [0.2, 0.25) is 5.91 Å². The first-order valence-electron chi connectivity index (χ1n) is 8.70. The predicted octanol–water partition coefficient (Wildman–Crippen LogP) is 5.68. The number of thioether (sulfide) groups is 1. The van der Waals surface area contributed by atoms with Gasteiger partial charge in [0.15, 0.2) is 0 Å². The minimum Gasteiger partial charge on any atom is -0.325 e. The molecule has 6 heteroatoms. The third-order valence-corrected chi connectivity index (χ3v) is 5.40. The van der Waals surface area contributed by atoms with Gasteiger partial charge in [0, 0.05) is 27.0 Å². The number of halogens is 1. The van der Waals surface area contributed by atoms with Crippen LogP contribution >= 0.6 is 23.4 Å². The van der Waals surface area contributed by atoms with E-state index in [2.05, 4.69) is 15.5 Å². The van der Waals surface area contributed by atoms with Crippen LogP contribution in [-0.2, 0) is 4.79 Å². The molecule has 4 nitrogen and oxygen atoms in total. The molecule has 0 atom stereocenters. The van der Waals surface area contributed by atoms with Gasteiger partial charge in [0.1, 0.15) is 10.7 Å². The first kappa shape index (κ1) is 18.5. The van der Waals surface area contributed by atoms with E-state index in [0.29, 0.717) is 10.7 Å². The number of hydrogen-bond donors (Lipinski definition) is 1. The highest BCUT2D eigenvalue weighted by Gasteiger charge is 2.12. The van der Waals surface area contributed by atoms with Crippen molar-refractivity contribution < 1.29 is 4.79 Å². The molecule has 1 N–H and O–H groups in total. The van der Waals surface area contributed by atoms with E-state index in [0.717, 1.165) is 27.1 Å². The summed E-state index contributed by atoms with van der Waals surface area (Å²) in [5, 5.41) is 15.1. The summed E-state index contributed by atoms with van der Waals surface area (Å²) < 4.78 is 0. The first-order valence-corrected chi connectivity index (χ1v) is 10.1. The molecule has 3 aromatic carbocycles. The Morgan fingerprint density at radius 3 is 2.29 bits per heavy atom. The Hall–Kier alpha value is -2.89. The molecule has 0 radical (unpaired) electrons. The second kappa shape index (κ2) is 8.42.